The molecule has 0 saturated carbocycles. The summed E-state index contributed by atoms with van der Waals surface area (Å²) in [4.78, 5) is 18.5. The fourth-order valence-electron chi connectivity index (χ4n) is 2.59. The maximum atomic E-state index is 12.2. The van der Waals surface area contributed by atoms with Crippen molar-refractivity contribution in [2.75, 3.05) is 18.5 Å². The molecule has 1 heterocycles. The van der Waals surface area contributed by atoms with Crippen LogP contribution in [0.15, 0.2) is 47.5 Å². The Kier molecular flexibility index (Phi) is 4.66. The van der Waals surface area contributed by atoms with Crippen LogP contribution in [-0.4, -0.2) is 32.6 Å². The fourth-order valence-corrected chi connectivity index (χ4v) is 4.38. The minimum atomic E-state index is -0.294. The number of rotatable bonds is 1. The number of alkyl halides is 2. The zero-order chi connectivity index (χ0) is 15.9. The largest absolute Gasteiger partial charge is 0.313 e. The maximum Gasteiger partial charge on any atom is 0.248 e. The van der Waals surface area contributed by atoms with Crippen molar-refractivity contribution in [1.29, 1.82) is 0 Å². The van der Waals surface area contributed by atoms with E-state index in [0.717, 1.165) is 17.0 Å². The predicted molar refractivity (Wildman–Crippen MR) is 109 cm³/mol. The monoisotopic (exact) mass is 538 g/mol. The summed E-state index contributed by atoms with van der Waals surface area (Å²) >= 11 is 11.0. The number of amides is 1. The van der Waals surface area contributed by atoms with Gasteiger partial charge in [-0.25, -0.2) is 0 Å². The number of fused-ring (bicyclic) bond motifs is 1. The summed E-state index contributed by atoms with van der Waals surface area (Å²) in [6, 6.07) is 5.60. The number of nitrogens with zero attached hydrogens (tertiary/aromatic N) is 2. The molecule has 6 heteroatoms. The van der Waals surface area contributed by atoms with Crippen LogP contribution >= 0.6 is 56.8 Å². The highest BCUT2D eigenvalue weighted by Gasteiger charge is 2.40. The van der Waals surface area contributed by atoms with Crippen LogP contribution in [0.25, 0.3) is 0 Å². The van der Waals surface area contributed by atoms with Gasteiger partial charge in [-0.05, 0) is 18.2 Å². The average Bonchev–Trinajstić information content (AvgIpc) is 2.61. The van der Waals surface area contributed by atoms with Gasteiger partial charge in [0.25, 0.3) is 0 Å². The van der Waals surface area contributed by atoms with Crippen molar-refractivity contribution in [3.05, 3.63) is 53.1 Å². The second-order valence-corrected chi connectivity index (χ2v) is 8.76. The van der Waals surface area contributed by atoms with Gasteiger partial charge in [-0.2, -0.15) is 0 Å². The Morgan fingerprint density at radius 2 is 2.18 bits per heavy atom. The molecule has 2 aliphatic rings. The standard InChI is InChI=1S/C16H13ClI2N2O/c1-21-12-6-5-10(17)8-11(12)15(20-9-14(21)22)16(19)7-3-2-4-13(16)18/h2-8,13H,9H2,1H3. The van der Waals surface area contributed by atoms with Crippen molar-refractivity contribution in [3.63, 3.8) is 0 Å². The molecular weight excluding hydrogens is 525 g/mol. The van der Waals surface area contributed by atoms with Crippen LogP contribution in [0.4, 0.5) is 5.69 Å². The normalized spacial score (nSPS) is 27.5. The molecule has 114 valence electrons. The van der Waals surface area contributed by atoms with E-state index in [-0.39, 0.29) is 19.8 Å². The molecule has 22 heavy (non-hydrogen) atoms. The van der Waals surface area contributed by atoms with Crippen molar-refractivity contribution in [3.8, 4) is 0 Å². The first-order valence-electron chi connectivity index (χ1n) is 6.74. The second-order valence-electron chi connectivity index (χ2n) is 5.19. The van der Waals surface area contributed by atoms with E-state index in [1.807, 2.05) is 30.4 Å². The van der Waals surface area contributed by atoms with E-state index >= 15 is 0 Å². The number of carbonyl (C=O) groups is 1. The minimum Gasteiger partial charge on any atom is -0.313 e. The van der Waals surface area contributed by atoms with Gasteiger partial charge in [0.15, 0.2) is 0 Å². The molecule has 1 aliphatic carbocycles. The number of benzene rings is 1. The zero-order valence-electron chi connectivity index (χ0n) is 11.8. The molecular formula is C16H13ClI2N2O. The van der Waals surface area contributed by atoms with Crippen molar-refractivity contribution >= 4 is 74.1 Å². The lowest BCUT2D eigenvalue weighted by Gasteiger charge is -2.32. The van der Waals surface area contributed by atoms with E-state index < -0.39 is 0 Å². The molecule has 0 aromatic heterocycles. The minimum absolute atomic E-state index is 0.0149. The summed E-state index contributed by atoms with van der Waals surface area (Å²) in [6.45, 7) is 0.157. The van der Waals surface area contributed by atoms with Crippen molar-refractivity contribution in [2.45, 2.75) is 7.35 Å². The van der Waals surface area contributed by atoms with Crippen molar-refractivity contribution < 1.29 is 4.79 Å². The third kappa shape index (κ3) is 2.75. The molecule has 1 aromatic carbocycles. The van der Waals surface area contributed by atoms with Crippen LogP contribution in [0.3, 0.4) is 0 Å². The Bertz CT molecular complexity index is 729. The first-order chi connectivity index (χ1) is 10.4. The lowest BCUT2D eigenvalue weighted by Crippen LogP contribution is -2.39. The Balaban J connectivity index is 2.22. The SMILES string of the molecule is CN1C(=O)CN=C(C2(I)C=CC=CC2I)c2cc(Cl)ccc21. The lowest BCUT2D eigenvalue weighted by atomic mass is 9.89. The number of hydrogen-bond acceptors (Lipinski definition) is 2. The van der Waals surface area contributed by atoms with Crippen LogP contribution in [-0.2, 0) is 4.79 Å². The first-order valence-corrected chi connectivity index (χ1v) is 9.44. The molecule has 2 unspecified atom stereocenters. The van der Waals surface area contributed by atoms with E-state index in [1.54, 1.807) is 11.9 Å². The number of likely N-dealkylation sites (N-methyl/N-ethyl adjacent to an activating group) is 1. The van der Waals surface area contributed by atoms with Gasteiger partial charge in [0, 0.05) is 17.6 Å². The average molecular weight is 539 g/mol. The van der Waals surface area contributed by atoms with Crippen LogP contribution < -0.4 is 4.90 Å². The predicted octanol–water partition coefficient (Wildman–Crippen LogP) is 4.21. The lowest BCUT2D eigenvalue weighted by molar-refractivity contribution is -0.116. The molecule has 0 fully saturated rings. The summed E-state index contributed by atoms with van der Waals surface area (Å²) in [5.74, 6) is -0.0149. The molecule has 0 bridgehead atoms. The highest BCUT2D eigenvalue weighted by Crippen LogP contribution is 2.41. The topological polar surface area (TPSA) is 32.7 Å². The summed E-state index contributed by atoms with van der Waals surface area (Å²) in [5, 5.41) is 0.648. The highest BCUT2D eigenvalue weighted by atomic mass is 127. The Morgan fingerprint density at radius 1 is 1.41 bits per heavy atom. The fraction of sp³-hybridized carbons (Fsp3) is 0.250. The number of allylic oxidation sites excluding steroid dienone is 4. The number of halogens is 3. The molecule has 2 atom stereocenters. The van der Waals surface area contributed by atoms with Gasteiger partial charge in [-0.1, -0.05) is 81.1 Å². The molecule has 1 amide bonds. The Hall–Kier alpha value is -0.410. The Labute approximate surface area is 161 Å². The molecule has 0 N–H and O–H groups in total. The van der Waals surface area contributed by atoms with Crippen LogP contribution in [0.2, 0.25) is 5.02 Å². The molecule has 0 radical (unpaired) electrons. The maximum absolute atomic E-state index is 12.2. The number of benzodiazepines with no additional fused rings is 1. The van der Waals surface area contributed by atoms with Crippen LogP contribution in [0.1, 0.15) is 5.56 Å². The van der Waals surface area contributed by atoms with Crippen molar-refractivity contribution in [2.24, 2.45) is 4.99 Å². The number of hydrogen-bond donors (Lipinski definition) is 0. The number of carbonyl (C=O) groups excluding carboxylic acids is 1. The van der Waals surface area contributed by atoms with E-state index in [2.05, 4.69) is 62.3 Å². The van der Waals surface area contributed by atoms with E-state index in [0.29, 0.717) is 5.02 Å². The van der Waals surface area contributed by atoms with Crippen molar-refractivity contribution in [1.82, 2.24) is 0 Å². The third-order valence-corrected chi connectivity index (χ3v) is 8.18. The van der Waals surface area contributed by atoms with Gasteiger partial charge in [-0.3, -0.25) is 9.79 Å². The summed E-state index contributed by atoms with van der Waals surface area (Å²) in [6.07, 6.45) is 8.37. The van der Waals surface area contributed by atoms with Gasteiger partial charge in [0.2, 0.25) is 5.91 Å². The summed E-state index contributed by atoms with van der Waals surface area (Å²) < 4.78 is -0.0439. The zero-order valence-corrected chi connectivity index (χ0v) is 16.8. The quantitative estimate of drug-likeness (QED) is 0.390. The van der Waals surface area contributed by atoms with Gasteiger partial charge in [-0.15, -0.1) is 0 Å². The smallest absolute Gasteiger partial charge is 0.248 e. The molecule has 3 nitrogen and oxygen atoms in total. The van der Waals surface area contributed by atoms with E-state index in [4.69, 9.17) is 11.6 Å². The number of anilines is 1. The molecule has 1 aromatic rings. The van der Waals surface area contributed by atoms with E-state index in [1.165, 1.54) is 0 Å². The van der Waals surface area contributed by atoms with Crippen LogP contribution in [0, 0.1) is 0 Å². The molecule has 0 spiro atoms. The molecule has 3 rings (SSSR count). The molecule has 1 aliphatic heterocycles. The highest BCUT2D eigenvalue weighted by molar-refractivity contribution is 14.1. The first kappa shape index (κ1) is 16.4. The summed E-state index contributed by atoms with van der Waals surface area (Å²) in [7, 11) is 1.78. The third-order valence-electron chi connectivity index (χ3n) is 3.82. The van der Waals surface area contributed by atoms with Gasteiger partial charge in [0.1, 0.15) is 6.54 Å². The second kappa shape index (κ2) is 6.24. The van der Waals surface area contributed by atoms with Crippen LogP contribution in [0.5, 0.6) is 0 Å². The van der Waals surface area contributed by atoms with E-state index in [9.17, 15) is 4.79 Å². The Morgan fingerprint density at radius 3 is 2.91 bits per heavy atom. The van der Waals surface area contributed by atoms with Gasteiger partial charge in [0.05, 0.1) is 18.7 Å². The van der Waals surface area contributed by atoms with Gasteiger partial charge >= 0.3 is 0 Å². The number of aliphatic imine (C=N–C) groups is 1. The summed E-state index contributed by atoms with van der Waals surface area (Å²) in [5.41, 5.74) is 2.69. The van der Waals surface area contributed by atoms with Gasteiger partial charge < -0.3 is 4.90 Å². The molecule has 0 saturated heterocycles.